The fraction of sp³-hybridized carbons (Fsp3) is 0.625. The molecule has 2 N–H and O–H groups in total. The van der Waals surface area contributed by atoms with Gasteiger partial charge < -0.3 is 19.9 Å². The van der Waals surface area contributed by atoms with E-state index in [0.717, 1.165) is 35.1 Å². The van der Waals surface area contributed by atoms with E-state index in [9.17, 15) is 0 Å². The number of rotatable bonds is 10. The molecule has 0 saturated carbocycles. The van der Waals surface area contributed by atoms with Crippen molar-refractivity contribution in [3.8, 4) is 11.5 Å². The molecule has 2 unspecified atom stereocenters. The lowest BCUT2D eigenvalue weighted by Gasteiger charge is -2.21. The summed E-state index contributed by atoms with van der Waals surface area (Å²) in [6, 6.07) is 6.09. The molecule has 0 aliphatic heterocycles. The maximum atomic E-state index is 9.11. The summed E-state index contributed by atoms with van der Waals surface area (Å²) in [4.78, 5) is 0. The molecule has 2 atom stereocenters. The minimum Gasteiger partial charge on any atom is -0.497 e. The molecule has 0 fully saturated rings. The second kappa shape index (κ2) is 9.92. The van der Waals surface area contributed by atoms with Crippen molar-refractivity contribution in [3.63, 3.8) is 0 Å². The molecule has 120 valence electrons. The Balaban J connectivity index is 2.82. The minimum atomic E-state index is 0.205. The summed E-state index contributed by atoms with van der Waals surface area (Å²) in [6.45, 7) is 5.28. The lowest BCUT2D eigenvalue weighted by atomic mass is 10.1. The molecule has 1 aromatic rings. The Morgan fingerprint density at radius 2 is 2.00 bits per heavy atom. The van der Waals surface area contributed by atoms with E-state index in [-0.39, 0.29) is 12.6 Å². The molecule has 4 nitrogen and oxygen atoms in total. The van der Waals surface area contributed by atoms with Gasteiger partial charge in [0, 0.05) is 24.0 Å². The lowest BCUT2D eigenvalue weighted by Crippen LogP contribution is -2.24. The highest BCUT2D eigenvalue weighted by Gasteiger charge is 2.17. The number of benzene rings is 1. The van der Waals surface area contributed by atoms with Crippen LogP contribution < -0.4 is 14.8 Å². The van der Waals surface area contributed by atoms with E-state index < -0.39 is 0 Å². The molecule has 0 spiro atoms. The number of aliphatic hydroxyl groups excluding tert-OH is 1. The van der Waals surface area contributed by atoms with Gasteiger partial charge in [-0.2, -0.15) is 11.8 Å². The van der Waals surface area contributed by atoms with Crippen LogP contribution in [-0.2, 0) is 0 Å². The molecule has 1 rings (SSSR count). The molecule has 5 heteroatoms. The first-order valence-electron chi connectivity index (χ1n) is 7.30. The normalized spacial score (nSPS) is 13.8. The molecular formula is C16H27NO3S. The molecule has 0 saturated heterocycles. The zero-order chi connectivity index (χ0) is 15.7. The van der Waals surface area contributed by atoms with Crippen LogP contribution in [0.1, 0.15) is 25.5 Å². The van der Waals surface area contributed by atoms with E-state index in [1.807, 2.05) is 30.0 Å². The van der Waals surface area contributed by atoms with Gasteiger partial charge in [0.1, 0.15) is 11.5 Å². The Morgan fingerprint density at radius 1 is 1.24 bits per heavy atom. The Labute approximate surface area is 132 Å². The third-order valence-electron chi connectivity index (χ3n) is 3.26. The van der Waals surface area contributed by atoms with Crippen molar-refractivity contribution in [1.82, 2.24) is 5.32 Å². The predicted molar refractivity (Wildman–Crippen MR) is 89.5 cm³/mol. The Bertz CT molecular complexity index is 415. The molecule has 0 aromatic heterocycles. The molecule has 1 aromatic carbocycles. The van der Waals surface area contributed by atoms with Gasteiger partial charge in [-0.1, -0.05) is 13.8 Å². The highest BCUT2D eigenvalue weighted by molar-refractivity contribution is 7.99. The smallest absolute Gasteiger partial charge is 0.123 e. The predicted octanol–water partition coefficient (Wildman–Crippen LogP) is 2.72. The van der Waals surface area contributed by atoms with Crippen molar-refractivity contribution in [2.45, 2.75) is 19.9 Å². The van der Waals surface area contributed by atoms with Crippen molar-refractivity contribution in [1.29, 1.82) is 0 Å². The number of thioether (sulfide) groups is 1. The number of aliphatic hydroxyl groups is 1. The van der Waals surface area contributed by atoms with Crippen molar-refractivity contribution < 1.29 is 14.6 Å². The molecular weight excluding hydrogens is 286 g/mol. The number of nitrogens with one attached hydrogen (secondary N) is 1. The van der Waals surface area contributed by atoms with Gasteiger partial charge in [0.15, 0.2) is 0 Å². The number of hydrogen-bond donors (Lipinski definition) is 2. The van der Waals surface area contributed by atoms with Gasteiger partial charge in [0.05, 0.1) is 14.2 Å². The van der Waals surface area contributed by atoms with Gasteiger partial charge in [-0.25, -0.2) is 0 Å². The Kier molecular flexibility index (Phi) is 8.57. The van der Waals surface area contributed by atoms with Gasteiger partial charge >= 0.3 is 0 Å². The van der Waals surface area contributed by atoms with Crippen LogP contribution in [0.5, 0.6) is 11.5 Å². The second-order valence-corrected chi connectivity index (χ2v) is 6.12. The molecule has 21 heavy (non-hydrogen) atoms. The second-order valence-electron chi connectivity index (χ2n) is 5.04. The molecule has 0 amide bonds. The van der Waals surface area contributed by atoms with Crippen LogP contribution in [0, 0.1) is 5.92 Å². The largest absolute Gasteiger partial charge is 0.497 e. The maximum Gasteiger partial charge on any atom is 0.123 e. The SMILES string of the molecule is CCNC(CSCC(C)CO)c1cc(OC)ccc1OC. The van der Waals surface area contributed by atoms with Crippen molar-refractivity contribution in [2.24, 2.45) is 5.92 Å². The van der Waals surface area contributed by atoms with Gasteiger partial charge in [0.25, 0.3) is 0 Å². The fourth-order valence-corrected chi connectivity index (χ4v) is 3.23. The fourth-order valence-electron chi connectivity index (χ4n) is 2.06. The average molecular weight is 313 g/mol. The lowest BCUT2D eigenvalue weighted by molar-refractivity contribution is 0.250. The average Bonchev–Trinajstić information content (AvgIpc) is 2.53. The summed E-state index contributed by atoms with van der Waals surface area (Å²) in [6.07, 6.45) is 0. The summed E-state index contributed by atoms with van der Waals surface area (Å²) < 4.78 is 10.8. The summed E-state index contributed by atoms with van der Waals surface area (Å²) in [7, 11) is 3.36. The van der Waals surface area contributed by atoms with E-state index >= 15 is 0 Å². The molecule has 0 radical (unpaired) electrons. The molecule has 0 bridgehead atoms. The maximum absolute atomic E-state index is 9.11. The van der Waals surface area contributed by atoms with Crippen LogP contribution in [0.4, 0.5) is 0 Å². The first-order chi connectivity index (χ1) is 10.2. The third-order valence-corrected chi connectivity index (χ3v) is 4.64. The summed E-state index contributed by atoms with van der Waals surface area (Å²) in [5.41, 5.74) is 1.11. The Morgan fingerprint density at radius 3 is 2.57 bits per heavy atom. The monoisotopic (exact) mass is 313 g/mol. The number of methoxy groups -OCH3 is 2. The van der Waals surface area contributed by atoms with Gasteiger partial charge in [-0.15, -0.1) is 0 Å². The highest BCUT2D eigenvalue weighted by Crippen LogP contribution is 2.31. The zero-order valence-electron chi connectivity index (χ0n) is 13.4. The van der Waals surface area contributed by atoms with E-state index in [1.165, 1.54) is 0 Å². The molecule has 0 aliphatic carbocycles. The summed E-state index contributed by atoms with van der Waals surface area (Å²) in [5.74, 6) is 3.91. The van der Waals surface area contributed by atoms with Crippen LogP contribution in [0.2, 0.25) is 0 Å². The van der Waals surface area contributed by atoms with Gasteiger partial charge in [-0.05, 0) is 36.4 Å². The van der Waals surface area contributed by atoms with Crippen LogP contribution in [0.15, 0.2) is 18.2 Å². The van der Waals surface area contributed by atoms with Crippen LogP contribution >= 0.6 is 11.8 Å². The topological polar surface area (TPSA) is 50.7 Å². The minimum absolute atomic E-state index is 0.205. The molecule has 0 aliphatic rings. The van der Waals surface area contributed by atoms with Crippen molar-refractivity contribution >= 4 is 11.8 Å². The summed E-state index contributed by atoms with van der Waals surface area (Å²) >= 11 is 1.84. The van der Waals surface area contributed by atoms with Crippen LogP contribution in [0.25, 0.3) is 0 Å². The summed E-state index contributed by atoms with van der Waals surface area (Å²) in [5, 5.41) is 12.6. The van der Waals surface area contributed by atoms with Crippen LogP contribution in [-0.4, -0.2) is 44.0 Å². The van der Waals surface area contributed by atoms with Gasteiger partial charge in [0.2, 0.25) is 0 Å². The quantitative estimate of drug-likeness (QED) is 0.695. The number of ether oxygens (including phenoxy) is 2. The van der Waals surface area contributed by atoms with E-state index in [2.05, 4.69) is 19.2 Å². The standard InChI is InChI=1S/C16H27NO3S/c1-5-17-15(11-21-10-12(2)9-18)14-8-13(19-3)6-7-16(14)20-4/h6-8,12,15,17-18H,5,9-11H2,1-4H3. The van der Waals surface area contributed by atoms with E-state index in [4.69, 9.17) is 14.6 Å². The van der Waals surface area contributed by atoms with Crippen LogP contribution in [0.3, 0.4) is 0 Å². The number of hydrogen-bond acceptors (Lipinski definition) is 5. The van der Waals surface area contributed by atoms with E-state index in [1.54, 1.807) is 14.2 Å². The van der Waals surface area contributed by atoms with Gasteiger partial charge in [-0.3, -0.25) is 0 Å². The van der Waals surface area contributed by atoms with Crippen molar-refractivity contribution in [2.75, 3.05) is 38.9 Å². The first kappa shape index (κ1) is 18.1. The first-order valence-corrected chi connectivity index (χ1v) is 8.45. The molecule has 0 heterocycles. The highest BCUT2D eigenvalue weighted by atomic mass is 32.2. The van der Waals surface area contributed by atoms with Crippen molar-refractivity contribution in [3.05, 3.63) is 23.8 Å². The Hall–Kier alpha value is -0.910. The zero-order valence-corrected chi connectivity index (χ0v) is 14.2. The van der Waals surface area contributed by atoms with E-state index in [0.29, 0.717) is 5.92 Å². The third kappa shape index (κ3) is 5.77.